The van der Waals surface area contributed by atoms with Crippen molar-refractivity contribution in [2.24, 2.45) is 5.92 Å². The van der Waals surface area contributed by atoms with E-state index in [-0.39, 0.29) is 18.8 Å². The fourth-order valence-electron chi connectivity index (χ4n) is 1.65. The molecule has 15 heavy (non-hydrogen) atoms. The molecule has 0 aliphatic heterocycles. The van der Waals surface area contributed by atoms with Gasteiger partial charge in [0.1, 0.15) is 5.75 Å². The fourth-order valence-corrected chi connectivity index (χ4v) is 2.01. The Morgan fingerprint density at radius 3 is 2.40 bits per heavy atom. The normalized spacial score (nSPS) is 19.7. The van der Waals surface area contributed by atoms with Crippen LogP contribution in [-0.4, -0.2) is 12.5 Å². The molecule has 0 amide bonds. The standard InChI is InChI=1S/C11H11F2IO/c12-11(13)5-8(6-11)7-15-10-3-1-9(14)2-4-10/h1-4,8H,5-7H2. The van der Waals surface area contributed by atoms with E-state index in [4.69, 9.17) is 4.74 Å². The summed E-state index contributed by atoms with van der Waals surface area (Å²) in [7, 11) is 0. The molecule has 0 unspecified atom stereocenters. The quantitative estimate of drug-likeness (QED) is 0.770. The molecule has 0 N–H and O–H groups in total. The predicted octanol–water partition coefficient (Wildman–Crippen LogP) is 3.72. The van der Waals surface area contributed by atoms with Crippen LogP contribution in [0.5, 0.6) is 5.75 Å². The molecule has 0 aromatic heterocycles. The largest absolute Gasteiger partial charge is 0.493 e. The molecule has 0 heterocycles. The summed E-state index contributed by atoms with van der Waals surface area (Å²) in [5, 5.41) is 0. The molecule has 0 saturated heterocycles. The van der Waals surface area contributed by atoms with E-state index in [0.717, 1.165) is 9.32 Å². The van der Waals surface area contributed by atoms with Crippen LogP contribution in [0.15, 0.2) is 24.3 Å². The summed E-state index contributed by atoms with van der Waals surface area (Å²) < 4.78 is 31.6. The third kappa shape index (κ3) is 3.03. The van der Waals surface area contributed by atoms with Crippen molar-refractivity contribution >= 4 is 22.6 Å². The van der Waals surface area contributed by atoms with Gasteiger partial charge in [-0.2, -0.15) is 0 Å². The van der Waals surface area contributed by atoms with E-state index in [0.29, 0.717) is 6.61 Å². The Morgan fingerprint density at radius 2 is 1.87 bits per heavy atom. The van der Waals surface area contributed by atoms with Gasteiger partial charge in [0.2, 0.25) is 5.92 Å². The SMILES string of the molecule is FC1(F)CC(COc2ccc(I)cc2)C1. The minimum atomic E-state index is -2.44. The van der Waals surface area contributed by atoms with Crippen LogP contribution in [0.2, 0.25) is 0 Å². The van der Waals surface area contributed by atoms with Crippen molar-refractivity contribution in [1.82, 2.24) is 0 Å². The van der Waals surface area contributed by atoms with Gasteiger partial charge in [0.15, 0.2) is 0 Å². The molecule has 1 aliphatic rings. The highest BCUT2D eigenvalue weighted by atomic mass is 127. The van der Waals surface area contributed by atoms with Crippen LogP contribution in [-0.2, 0) is 0 Å². The highest BCUT2D eigenvalue weighted by Crippen LogP contribution is 2.42. The zero-order valence-corrected chi connectivity index (χ0v) is 10.2. The number of alkyl halides is 2. The zero-order chi connectivity index (χ0) is 10.9. The molecule has 1 aliphatic carbocycles. The van der Waals surface area contributed by atoms with Crippen LogP contribution < -0.4 is 4.74 Å². The minimum Gasteiger partial charge on any atom is -0.493 e. The van der Waals surface area contributed by atoms with Crippen LogP contribution in [0.25, 0.3) is 0 Å². The van der Waals surface area contributed by atoms with Gasteiger partial charge in [-0.05, 0) is 46.9 Å². The number of hydrogen-bond donors (Lipinski definition) is 0. The highest BCUT2D eigenvalue weighted by Gasteiger charge is 2.45. The molecule has 0 atom stereocenters. The maximum Gasteiger partial charge on any atom is 0.248 e. The minimum absolute atomic E-state index is 0.0132. The van der Waals surface area contributed by atoms with Gasteiger partial charge in [0.05, 0.1) is 6.61 Å². The van der Waals surface area contributed by atoms with Crippen molar-refractivity contribution in [3.8, 4) is 5.75 Å². The third-order valence-corrected chi connectivity index (χ3v) is 3.19. The zero-order valence-electron chi connectivity index (χ0n) is 8.05. The summed E-state index contributed by atoms with van der Waals surface area (Å²) in [5.41, 5.74) is 0. The van der Waals surface area contributed by atoms with Crippen LogP contribution in [0.1, 0.15) is 12.8 Å². The Labute approximate surface area is 101 Å². The molecule has 1 aromatic rings. The maximum atomic E-state index is 12.5. The third-order valence-electron chi connectivity index (χ3n) is 2.47. The van der Waals surface area contributed by atoms with Gasteiger partial charge in [-0.3, -0.25) is 0 Å². The van der Waals surface area contributed by atoms with E-state index in [9.17, 15) is 8.78 Å². The smallest absolute Gasteiger partial charge is 0.248 e. The molecular weight excluding hydrogens is 313 g/mol. The van der Waals surface area contributed by atoms with Crippen molar-refractivity contribution in [2.75, 3.05) is 6.61 Å². The van der Waals surface area contributed by atoms with Crippen molar-refractivity contribution in [3.05, 3.63) is 27.8 Å². The lowest BCUT2D eigenvalue weighted by Crippen LogP contribution is -2.38. The summed E-state index contributed by atoms with van der Waals surface area (Å²) in [4.78, 5) is 0. The van der Waals surface area contributed by atoms with E-state index in [2.05, 4.69) is 22.6 Å². The molecular formula is C11H11F2IO. The molecule has 1 saturated carbocycles. The summed E-state index contributed by atoms with van der Waals surface area (Å²) in [6.45, 7) is 0.399. The molecule has 1 aromatic carbocycles. The summed E-state index contributed by atoms with van der Waals surface area (Å²) in [5.74, 6) is -1.68. The lowest BCUT2D eigenvalue weighted by molar-refractivity contribution is -0.119. The van der Waals surface area contributed by atoms with Gasteiger partial charge >= 0.3 is 0 Å². The Balaban J connectivity index is 1.77. The molecule has 1 nitrogen and oxygen atoms in total. The van der Waals surface area contributed by atoms with E-state index >= 15 is 0 Å². The van der Waals surface area contributed by atoms with E-state index in [1.54, 1.807) is 0 Å². The van der Waals surface area contributed by atoms with Crippen molar-refractivity contribution in [2.45, 2.75) is 18.8 Å². The summed E-state index contributed by atoms with van der Waals surface area (Å²) >= 11 is 2.21. The topological polar surface area (TPSA) is 9.23 Å². The Morgan fingerprint density at radius 1 is 1.27 bits per heavy atom. The first-order valence-corrected chi connectivity index (χ1v) is 5.89. The first-order valence-electron chi connectivity index (χ1n) is 4.81. The van der Waals surface area contributed by atoms with E-state index in [1.165, 1.54) is 0 Å². The highest BCUT2D eigenvalue weighted by molar-refractivity contribution is 14.1. The second-order valence-electron chi connectivity index (χ2n) is 3.90. The molecule has 0 bridgehead atoms. The van der Waals surface area contributed by atoms with Crippen LogP contribution >= 0.6 is 22.6 Å². The second kappa shape index (κ2) is 4.23. The fraction of sp³-hybridized carbons (Fsp3) is 0.455. The van der Waals surface area contributed by atoms with Gasteiger partial charge in [-0.1, -0.05) is 0 Å². The lowest BCUT2D eigenvalue weighted by atomic mass is 9.82. The number of benzene rings is 1. The van der Waals surface area contributed by atoms with Crippen LogP contribution in [0, 0.1) is 9.49 Å². The Hall–Kier alpha value is -0.390. The van der Waals surface area contributed by atoms with Crippen molar-refractivity contribution < 1.29 is 13.5 Å². The molecule has 0 radical (unpaired) electrons. The molecule has 82 valence electrons. The molecule has 4 heteroatoms. The van der Waals surface area contributed by atoms with Gasteiger partial charge in [-0.25, -0.2) is 8.78 Å². The molecule has 2 rings (SSSR count). The van der Waals surface area contributed by atoms with Crippen LogP contribution in [0.3, 0.4) is 0 Å². The predicted molar refractivity (Wildman–Crippen MR) is 62.3 cm³/mol. The maximum absolute atomic E-state index is 12.5. The van der Waals surface area contributed by atoms with Gasteiger partial charge in [-0.15, -0.1) is 0 Å². The van der Waals surface area contributed by atoms with Gasteiger partial charge in [0.25, 0.3) is 0 Å². The molecule has 0 spiro atoms. The van der Waals surface area contributed by atoms with E-state index in [1.807, 2.05) is 24.3 Å². The first kappa shape index (κ1) is 11.1. The lowest BCUT2D eigenvalue weighted by Gasteiger charge is -2.34. The monoisotopic (exact) mass is 324 g/mol. The molecule has 1 fully saturated rings. The van der Waals surface area contributed by atoms with Crippen LogP contribution in [0.4, 0.5) is 8.78 Å². The summed E-state index contributed by atoms with van der Waals surface area (Å²) in [6, 6.07) is 7.59. The van der Waals surface area contributed by atoms with Crippen molar-refractivity contribution in [1.29, 1.82) is 0 Å². The average molecular weight is 324 g/mol. The summed E-state index contributed by atoms with van der Waals surface area (Å²) in [6.07, 6.45) is -0.0608. The van der Waals surface area contributed by atoms with Gasteiger partial charge in [0, 0.05) is 22.3 Å². The average Bonchev–Trinajstić information content (AvgIpc) is 2.14. The number of ether oxygens (including phenoxy) is 1. The van der Waals surface area contributed by atoms with E-state index < -0.39 is 5.92 Å². The number of rotatable bonds is 3. The second-order valence-corrected chi connectivity index (χ2v) is 5.14. The number of hydrogen-bond acceptors (Lipinski definition) is 1. The van der Waals surface area contributed by atoms with Crippen molar-refractivity contribution in [3.63, 3.8) is 0 Å². The Bertz CT molecular complexity index is 329. The first-order chi connectivity index (χ1) is 7.05. The Kier molecular flexibility index (Phi) is 3.13. The van der Waals surface area contributed by atoms with Gasteiger partial charge < -0.3 is 4.74 Å². The number of halogens is 3.